The molecule has 0 aliphatic heterocycles. The quantitative estimate of drug-likeness (QED) is 0.373. The molecule has 3 rings (SSSR count). The van der Waals surface area contributed by atoms with E-state index in [0.717, 1.165) is 29.3 Å². The third-order valence-corrected chi connectivity index (χ3v) is 7.05. The van der Waals surface area contributed by atoms with Gasteiger partial charge in [-0.3, -0.25) is 0 Å². The predicted molar refractivity (Wildman–Crippen MR) is 154 cm³/mol. The molecule has 1 aliphatic rings. The zero-order valence-electron chi connectivity index (χ0n) is 21.8. The van der Waals surface area contributed by atoms with Gasteiger partial charge in [0.15, 0.2) is 0 Å². The monoisotopic (exact) mass is 467 g/mol. The Kier molecular flexibility index (Phi) is 13.4. The van der Waals surface area contributed by atoms with Crippen LogP contribution in [0.15, 0.2) is 66.8 Å². The van der Waals surface area contributed by atoms with Crippen LogP contribution in [0.5, 0.6) is 0 Å². The second-order valence-electron chi connectivity index (χ2n) is 9.26. The van der Waals surface area contributed by atoms with Gasteiger partial charge in [0.25, 0.3) is 0 Å². The summed E-state index contributed by atoms with van der Waals surface area (Å²) < 4.78 is 0. The highest BCUT2D eigenvalue weighted by atomic mass is 32.1. The lowest BCUT2D eigenvalue weighted by Crippen LogP contribution is -2.24. The molecule has 0 unspecified atom stereocenters. The zero-order chi connectivity index (χ0) is 24.5. The maximum absolute atomic E-state index is 4.29. The molecule has 1 aromatic carbocycles. The molecule has 1 aromatic heterocycles. The van der Waals surface area contributed by atoms with Crippen LogP contribution in [0.3, 0.4) is 0 Å². The minimum absolute atomic E-state index is 0. The van der Waals surface area contributed by atoms with E-state index in [0.29, 0.717) is 0 Å². The first-order valence-corrected chi connectivity index (χ1v) is 12.9. The van der Waals surface area contributed by atoms with Crippen molar-refractivity contribution in [3.05, 3.63) is 88.4 Å². The number of thiophene rings is 1. The summed E-state index contributed by atoms with van der Waals surface area (Å²) in [6, 6.07) is 10.9. The van der Waals surface area contributed by atoms with E-state index in [4.69, 9.17) is 0 Å². The van der Waals surface area contributed by atoms with Gasteiger partial charge in [-0.15, -0.1) is 11.3 Å². The van der Waals surface area contributed by atoms with Crippen molar-refractivity contribution in [1.29, 1.82) is 0 Å². The summed E-state index contributed by atoms with van der Waals surface area (Å²) in [4.78, 5) is 3.30. The van der Waals surface area contributed by atoms with Gasteiger partial charge in [-0.2, -0.15) is 0 Å². The minimum atomic E-state index is 0. The summed E-state index contributed by atoms with van der Waals surface area (Å²) >= 11 is 1.73. The Labute approximate surface area is 209 Å². The molecular formula is C31H49NS. The Hall–Kier alpha value is -2.06. The van der Waals surface area contributed by atoms with Crippen LogP contribution < -0.4 is 0 Å². The summed E-state index contributed by atoms with van der Waals surface area (Å²) in [5.74, 6) is 1.13. The van der Waals surface area contributed by atoms with E-state index in [1.54, 1.807) is 11.3 Å². The number of rotatable bonds is 8. The van der Waals surface area contributed by atoms with Gasteiger partial charge in [0.05, 0.1) is 0 Å². The van der Waals surface area contributed by atoms with Crippen molar-refractivity contribution in [1.82, 2.24) is 4.90 Å². The number of allylic oxidation sites excluding steroid dienone is 2. The van der Waals surface area contributed by atoms with Crippen LogP contribution in [-0.2, 0) is 5.41 Å². The highest BCUT2D eigenvalue weighted by Crippen LogP contribution is 2.35. The summed E-state index contributed by atoms with van der Waals surface area (Å²) in [6.07, 6.45) is 5.33. The maximum atomic E-state index is 4.29. The van der Waals surface area contributed by atoms with Gasteiger partial charge in [-0.05, 0) is 65.3 Å². The van der Waals surface area contributed by atoms with E-state index in [9.17, 15) is 0 Å². The van der Waals surface area contributed by atoms with Crippen LogP contribution in [0, 0.1) is 12.8 Å². The van der Waals surface area contributed by atoms with Crippen molar-refractivity contribution in [3.8, 4) is 0 Å². The SMILES string of the molecule is C.C=C(c1cccs1)c1ccc(C(C)(C)CC(=C)N(C)C(=C)C)cc1C.CC.CCC1CC1. The van der Waals surface area contributed by atoms with Gasteiger partial charge in [0.2, 0.25) is 0 Å². The number of aryl methyl sites for hydroxylation is 1. The van der Waals surface area contributed by atoms with Gasteiger partial charge >= 0.3 is 0 Å². The van der Waals surface area contributed by atoms with Gasteiger partial charge in [0, 0.05) is 23.3 Å². The molecule has 0 radical (unpaired) electrons. The lowest BCUT2D eigenvalue weighted by molar-refractivity contribution is 0.425. The molecule has 0 N–H and O–H groups in total. The maximum Gasteiger partial charge on any atom is 0.0342 e. The number of hydrogen-bond acceptors (Lipinski definition) is 2. The van der Waals surface area contributed by atoms with E-state index >= 15 is 0 Å². The van der Waals surface area contributed by atoms with Gasteiger partial charge in [-0.25, -0.2) is 0 Å². The van der Waals surface area contributed by atoms with E-state index in [-0.39, 0.29) is 12.8 Å². The first kappa shape index (κ1) is 30.9. The number of benzene rings is 1. The van der Waals surface area contributed by atoms with Gasteiger partial charge < -0.3 is 4.90 Å². The largest absolute Gasteiger partial charge is 0.353 e. The lowest BCUT2D eigenvalue weighted by Gasteiger charge is -2.31. The molecule has 2 aromatic rings. The molecule has 0 atom stereocenters. The van der Waals surface area contributed by atoms with Crippen molar-refractivity contribution < 1.29 is 0 Å². The molecule has 33 heavy (non-hydrogen) atoms. The minimum Gasteiger partial charge on any atom is -0.353 e. The molecule has 1 nitrogen and oxygen atoms in total. The third-order valence-electron chi connectivity index (χ3n) is 6.12. The fourth-order valence-corrected chi connectivity index (χ4v) is 4.25. The first-order chi connectivity index (χ1) is 15.1. The van der Waals surface area contributed by atoms with Crippen LogP contribution in [0.1, 0.15) is 96.2 Å². The van der Waals surface area contributed by atoms with E-state index in [2.05, 4.69) is 88.0 Å². The van der Waals surface area contributed by atoms with Crippen LogP contribution in [-0.4, -0.2) is 11.9 Å². The second kappa shape index (κ2) is 14.3. The molecular weight excluding hydrogens is 418 g/mol. The fraction of sp³-hybridized carbons (Fsp3) is 0.484. The Morgan fingerprint density at radius 2 is 1.73 bits per heavy atom. The summed E-state index contributed by atoms with van der Waals surface area (Å²) in [7, 11) is 2.03. The van der Waals surface area contributed by atoms with Crippen molar-refractivity contribution in [3.63, 3.8) is 0 Å². The lowest BCUT2D eigenvalue weighted by atomic mass is 9.79. The molecule has 0 spiro atoms. The van der Waals surface area contributed by atoms with Crippen molar-refractivity contribution in [2.24, 2.45) is 5.92 Å². The predicted octanol–water partition coefficient (Wildman–Crippen LogP) is 10.2. The number of hydrogen-bond donors (Lipinski definition) is 0. The van der Waals surface area contributed by atoms with Crippen molar-refractivity contribution in [2.75, 3.05) is 7.05 Å². The smallest absolute Gasteiger partial charge is 0.0342 e. The van der Waals surface area contributed by atoms with Crippen LogP contribution >= 0.6 is 11.3 Å². The third kappa shape index (κ3) is 9.37. The second-order valence-corrected chi connectivity index (χ2v) is 10.2. The molecule has 1 saturated carbocycles. The Morgan fingerprint density at radius 3 is 2.12 bits per heavy atom. The molecule has 0 amide bonds. The van der Waals surface area contributed by atoms with Gasteiger partial charge in [-0.1, -0.05) is 105 Å². The normalized spacial score (nSPS) is 12.2. The molecule has 0 saturated heterocycles. The topological polar surface area (TPSA) is 3.24 Å². The fourth-order valence-electron chi connectivity index (χ4n) is 3.53. The highest BCUT2D eigenvalue weighted by molar-refractivity contribution is 7.11. The molecule has 2 heteroatoms. The Bertz CT molecular complexity index is 882. The summed E-state index contributed by atoms with van der Waals surface area (Å²) in [5, 5.41) is 2.09. The Morgan fingerprint density at radius 1 is 1.12 bits per heavy atom. The first-order valence-electron chi connectivity index (χ1n) is 12.0. The van der Waals surface area contributed by atoms with Crippen molar-refractivity contribution in [2.45, 2.75) is 87.0 Å². The summed E-state index contributed by atoms with van der Waals surface area (Å²) in [6.45, 7) is 27.5. The number of nitrogens with zero attached hydrogens (tertiary/aromatic N) is 1. The standard InChI is InChI=1S/C23H29NS.C5H10.C2H6.CH4/c1-16(2)24(8)18(4)15-23(6,7)20-11-12-21(17(3)14-20)19(5)22-10-9-13-25-22;1-2-5-3-4-5;1-2;/h9-14H,1,4-5,15H2,2-3,6-8H3;5H,2-4H2,1H3;1-2H3;1H4. The molecule has 0 bridgehead atoms. The van der Waals surface area contributed by atoms with Crippen molar-refractivity contribution >= 4 is 16.9 Å². The average Bonchev–Trinajstić information content (AvgIpc) is 3.46. The van der Waals surface area contributed by atoms with E-state index in [1.807, 2.05) is 27.8 Å². The van der Waals surface area contributed by atoms with Crippen LogP contribution in [0.2, 0.25) is 0 Å². The van der Waals surface area contributed by atoms with Gasteiger partial charge in [0.1, 0.15) is 0 Å². The van der Waals surface area contributed by atoms with Crippen LogP contribution in [0.4, 0.5) is 0 Å². The van der Waals surface area contributed by atoms with E-state index < -0.39 is 0 Å². The Balaban J connectivity index is 0.00000111. The molecule has 1 heterocycles. The molecule has 1 aliphatic carbocycles. The highest BCUT2D eigenvalue weighted by Gasteiger charge is 2.24. The van der Waals surface area contributed by atoms with E-state index in [1.165, 1.54) is 40.8 Å². The average molecular weight is 468 g/mol. The van der Waals surface area contributed by atoms with Crippen LogP contribution in [0.25, 0.3) is 5.57 Å². The zero-order valence-corrected chi connectivity index (χ0v) is 22.7. The summed E-state index contributed by atoms with van der Waals surface area (Å²) in [5.41, 5.74) is 7.02. The molecule has 1 fully saturated rings. The molecule has 184 valence electrons.